The molecule has 39 heavy (non-hydrogen) atoms. The molecule has 0 saturated carbocycles. The van der Waals surface area contributed by atoms with E-state index in [9.17, 15) is 14.4 Å². The molecule has 0 heterocycles. The van der Waals surface area contributed by atoms with Gasteiger partial charge in [0.2, 0.25) is 5.91 Å². The summed E-state index contributed by atoms with van der Waals surface area (Å²) in [6.07, 6.45) is 0.116. The molecule has 0 fully saturated rings. The van der Waals surface area contributed by atoms with E-state index in [1.165, 1.54) is 17.0 Å². The standard InChI is InChI=1S/C31H35FN2O5/c1-7-21-11-9-13-23(15-21)24-16-25(32)28(29(36)38-6)26(17-24)33-27(35)19-34(30(37)39-31(3,4)5)18-22-12-8-10-20(2)14-22/h8-17H,7,18-19H2,1-6H3,(H,33,35). The molecule has 0 atom stereocenters. The summed E-state index contributed by atoms with van der Waals surface area (Å²) >= 11 is 0. The Labute approximate surface area is 228 Å². The minimum absolute atomic E-state index is 0.0524. The third-order valence-corrected chi connectivity index (χ3v) is 5.86. The molecule has 0 aliphatic heterocycles. The van der Waals surface area contributed by atoms with Crippen LogP contribution in [0.5, 0.6) is 0 Å². The number of aryl methyl sites for hydroxylation is 2. The number of halogens is 1. The third kappa shape index (κ3) is 8.14. The van der Waals surface area contributed by atoms with Crippen LogP contribution in [-0.2, 0) is 27.2 Å². The van der Waals surface area contributed by atoms with Gasteiger partial charge in [0.15, 0.2) is 0 Å². The number of anilines is 1. The molecule has 3 aromatic carbocycles. The van der Waals surface area contributed by atoms with Crippen LogP contribution >= 0.6 is 0 Å². The summed E-state index contributed by atoms with van der Waals surface area (Å²) in [5.74, 6) is -2.39. The van der Waals surface area contributed by atoms with Crippen molar-refractivity contribution in [2.45, 2.75) is 53.2 Å². The lowest BCUT2D eigenvalue weighted by Gasteiger charge is -2.27. The number of rotatable bonds is 8. The fourth-order valence-corrected chi connectivity index (χ4v) is 4.06. The first-order valence-electron chi connectivity index (χ1n) is 12.7. The molecule has 2 amide bonds. The molecule has 0 unspecified atom stereocenters. The Morgan fingerprint density at radius 2 is 1.64 bits per heavy atom. The average Bonchev–Trinajstić information content (AvgIpc) is 2.86. The third-order valence-electron chi connectivity index (χ3n) is 5.86. The van der Waals surface area contributed by atoms with Crippen LogP contribution in [-0.4, -0.2) is 42.1 Å². The van der Waals surface area contributed by atoms with Crippen LogP contribution in [0.1, 0.15) is 54.7 Å². The molecule has 0 bridgehead atoms. The number of nitrogens with zero attached hydrogens (tertiary/aromatic N) is 1. The molecule has 7 nitrogen and oxygen atoms in total. The van der Waals surface area contributed by atoms with E-state index in [2.05, 4.69) is 5.32 Å². The average molecular weight is 535 g/mol. The summed E-state index contributed by atoms with van der Waals surface area (Å²) < 4.78 is 25.5. The SMILES string of the molecule is CCc1cccc(-c2cc(F)c(C(=O)OC)c(NC(=O)CN(Cc3cccc(C)c3)C(=O)OC(C)(C)C)c2)c1. The van der Waals surface area contributed by atoms with E-state index in [0.717, 1.165) is 35.8 Å². The second-order valence-corrected chi connectivity index (χ2v) is 10.3. The van der Waals surface area contributed by atoms with Gasteiger partial charge in [-0.2, -0.15) is 0 Å². The van der Waals surface area contributed by atoms with Crippen LogP contribution in [0.4, 0.5) is 14.9 Å². The molecule has 3 aromatic rings. The number of methoxy groups -OCH3 is 1. The molecule has 206 valence electrons. The first kappa shape index (κ1) is 29.4. The lowest BCUT2D eigenvalue weighted by Crippen LogP contribution is -2.41. The van der Waals surface area contributed by atoms with E-state index in [0.29, 0.717) is 5.56 Å². The highest BCUT2D eigenvalue weighted by molar-refractivity contribution is 6.03. The number of esters is 1. The predicted octanol–water partition coefficient (Wildman–Crippen LogP) is 6.53. The largest absolute Gasteiger partial charge is 0.465 e. The van der Waals surface area contributed by atoms with Crippen molar-refractivity contribution >= 4 is 23.7 Å². The lowest BCUT2D eigenvalue weighted by molar-refractivity contribution is -0.117. The Kier molecular flexibility index (Phi) is 9.46. The van der Waals surface area contributed by atoms with Crippen LogP contribution in [0.25, 0.3) is 11.1 Å². The van der Waals surface area contributed by atoms with Gasteiger partial charge in [0.05, 0.1) is 12.8 Å². The van der Waals surface area contributed by atoms with Crippen molar-refractivity contribution in [1.82, 2.24) is 4.90 Å². The van der Waals surface area contributed by atoms with Crippen LogP contribution in [0.2, 0.25) is 0 Å². The Hall–Kier alpha value is -4.20. The number of hydrogen-bond donors (Lipinski definition) is 1. The van der Waals surface area contributed by atoms with Crippen molar-refractivity contribution in [1.29, 1.82) is 0 Å². The van der Waals surface area contributed by atoms with Crippen molar-refractivity contribution in [3.63, 3.8) is 0 Å². The molecule has 0 aliphatic carbocycles. The Morgan fingerprint density at radius 1 is 0.949 bits per heavy atom. The normalized spacial score (nSPS) is 11.1. The van der Waals surface area contributed by atoms with Crippen molar-refractivity contribution < 1.29 is 28.2 Å². The fourth-order valence-electron chi connectivity index (χ4n) is 4.06. The zero-order chi connectivity index (χ0) is 28.7. The fraction of sp³-hybridized carbons (Fsp3) is 0.323. The van der Waals surface area contributed by atoms with E-state index in [4.69, 9.17) is 9.47 Å². The molecule has 0 radical (unpaired) electrons. The molecule has 1 N–H and O–H groups in total. The minimum atomic E-state index is -0.930. The van der Waals surface area contributed by atoms with Crippen LogP contribution in [0.3, 0.4) is 0 Å². The number of benzene rings is 3. The van der Waals surface area contributed by atoms with Gasteiger partial charge < -0.3 is 14.8 Å². The smallest absolute Gasteiger partial charge is 0.411 e. The van der Waals surface area contributed by atoms with Crippen molar-refractivity contribution in [2.24, 2.45) is 0 Å². The number of amides is 2. The molecule has 3 rings (SSSR count). The van der Waals surface area contributed by atoms with Gasteiger partial charge in [-0.25, -0.2) is 14.0 Å². The summed E-state index contributed by atoms with van der Waals surface area (Å²) in [4.78, 5) is 39.9. The summed E-state index contributed by atoms with van der Waals surface area (Å²) in [5.41, 5.74) is 2.86. The quantitative estimate of drug-likeness (QED) is 0.332. The minimum Gasteiger partial charge on any atom is -0.465 e. The predicted molar refractivity (Wildman–Crippen MR) is 149 cm³/mol. The van der Waals surface area contributed by atoms with Gasteiger partial charge in [0.25, 0.3) is 0 Å². The number of ether oxygens (including phenoxy) is 2. The summed E-state index contributed by atoms with van der Waals surface area (Å²) in [7, 11) is 1.14. The van der Waals surface area contributed by atoms with Crippen molar-refractivity contribution in [3.05, 3.63) is 88.7 Å². The van der Waals surface area contributed by atoms with Gasteiger partial charge in [0.1, 0.15) is 23.5 Å². The first-order valence-corrected chi connectivity index (χ1v) is 12.7. The summed E-state index contributed by atoms with van der Waals surface area (Å²) in [5, 5.41) is 2.62. The number of carbonyl (C=O) groups is 3. The van der Waals surface area contributed by atoms with Gasteiger partial charge in [0, 0.05) is 6.54 Å². The van der Waals surface area contributed by atoms with Crippen LogP contribution in [0, 0.1) is 12.7 Å². The first-order chi connectivity index (χ1) is 18.4. The monoisotopic (exact) mass is 534 g/mol. The maximum Gasteiger partial charge on any atom is 0.411 e. The van der Waals surface area contributed by atoms with E-state index < -0.39 is 35.0 Å². The Morgan fingerprint density at radius 3 is 2.28 bits per heavy atom. The van der Waals surface area contributed by atoms with Crippen molar-refractivity contribution in [2.75, 3.05) is 19.0 Å². The second kappa shape index (κ2) is 12.6. The molecule has 0 saturated heterocycles. The number of nitrogens with one attached hydrogen (secondary N) is 1. The maximum atomic E-state index is 15.2. The summed E-state index contributed by atoms with van der Waals surface area (Å²) in [6, 6.07) is 17.9. The van der Waals surface area contributed by atoms with Gasteiger partial charge in [-0.15, -0.1) is 0 Å². The summed E-state index contributed by atoms with van der Waals surface area (Å²) in [6.45, 7) is 8.88. The van der Waals surface area contributed by atoms with Gasteiger partial charge >= 0.3 is 12.1 Å². The van der Waals surface area contributed by atoms with Gasteiger partial charge in [-0.05, 0) is 68.5 Å². The van der Waals surface area contributed by atoms with Gasteiger partial charge in [-0.1, -0.05) is 61.0 Å². The zero-order valence-electron chi connectivity index (χ0n) is 23.3. The second-order valence-electron chi connectivity index (χ2n) is 10.3. The number of hydrogen-bond acceptors (Lipinski definition) is 5. The van der Waals surface area contributed by atoms with E-state index in [1.807, 2.05) is 62.4 Å². The van der Waals surface area contributed by atoms with E-state index in [-0.39, 0.29) is 18.8 Å². The Bertz CT molecular complexity index is 1360. The van der Waals surface area contributed by atoms with Crippen molar-refractivity contribution in [3.8, 4) is 11.1 Å². The highest BCUT2D eigenvalue weighted by atomic mass is 19.1. The molecule has 8 heteroatoms. The van der Waals surface area contributed by atoms with Crippen LogP contribution in [0.15, 0.2) is 60.7 Å². The van der Waals surface area contributed by atoms with Crippen LogP contribution < -0.4 is 5.32 Å². The molecular weight excluding hydrogens is 499 g/mol. The van der Waals surface area contributed by atoms with E-state index >= 15 is 4.39 Å². The number of carbonyl (C=O) groups excluding carboxylic acids is 3. The van der Waals surface area contributed by atoms with E-state index in [1.54, 1.807) is 20.8 Å². The molecular formula is C31H35FN2O5. The molecule has 0 aliphatic rings. The topological polar surface area (TPSA) is 84.9 Å². The Balaban J connectivity index is 1.94. The maximum absolute atomic E-state index is 15.2. The zero-order valence-corrected chi connectivity index (χ0v) is 23.3. The lowest BCUT2D eigenvalue weighted by atomic mass is 9.99. The highest BCUT2D eigenvalue weighted by Gasteiger charge is 2.26. The molecule has 0 aromatic heterocycles. The molecule has 0 spiro atoms. The van der Waals surface area contributed by atoms with Gasteiger partial charge in [-0.3, -0.25) is 9.69 Å². The highest BCUT2D eigenvalue weighted by Crippen LogP contribution is 2.30.